The number of aldehydes is 1. The molecular formula is C12H6Cl3NO. The molecule has 0 spiro atoms. The largest absolute Gasteiger partial charge is 0.296 e. The maximum Gasteiger partial charge on any atom is 0.169 e. The number of carbonyl (C=O) groups excluding carboxylic acids is 1. The van der Waals surface area contributed by atoms with Crippen LogP contribution in [0.2, 0.25) is 15.1 Å². The molecule has 2 nitrogen and oxygen atoms in total. The fraction of sp³-hybridized carbons (Fsp3) is 0. The highest BCUT2D eigenvalue weighted by molar-refractivity contribution is 6.39. The molecule has 0 bridgehead atoms. The van der Waals surface area contributed by atoms with Crippen molar-refractivity contribution in [1.29, 1.82) is 0 Å². The van der Waals surface area contributed by atoms with Gasteiger partial charge in [-0.3, -0.25) is 4.79 Å². The lowest BCUT2D eigenvalue weighted by Crippen LogP contribution is -1.92. The van der Waals surface area contributed by atoms with Gasteiger partial charge >= 0.3 is 0 Å². The van der Waals surface area contributed by atoms with Crippen molar-refractivity contribution >= 4 is 41.1 Å². The molecule has 0 saturated heterocycles. The lowest BCUT2D eigenvalue weighted by atomic mass is 10.1. The van der Waals surface area contributed by atoms with Gasteiger partial charge in [-0.2, -0.15) is 0 Å². The highest BCUT2D eigenvalue weighted by Crippen LogP contribution is 2.34. The van der Waals surface area contributed by atoms with Gasteiger partial charge in [0.2, 0.25) is 0 Å². The fourth-order valence-corrected chi connectivity index (χ4v) is 2.16. The summed E-state index contributed by atoms with van der Waals surface area (Å²) < 4.78 is 0. The number of hydrogen-bond acceptors (Lipinski definition) is 2. The fourth-order valence-electron chi connectivity index (χ4n) is 1.42. The van der Waals surface area contributed by atoms with E-state index in [9.17, 15) is 4.79 Å². The Labute approximate surface area is 113 Å². The maximum absolute atomic E-state index is 10.8. The summed E-state index contributed by atoms with van der Waals surface area (Å²) in [5.41, 5.74) is 1.28. The van der Waals surface area contributed by atoms with Gasteiger partial charge < -0.3 is 0 Å². The van der Waals surface area contributed by atoms with Crippen LogP contribution in [0.3, 0.4) is 0 Å². The van der Waals surface area contributed by atoms with Crippen LogP contribution in [-0.4, -0.2) is 11.3 Å². The molecule has 0 radical (unpaired) electrons. The van der Waals surface area contributed by atoms with Gasteiger partial charge in [0, 0.05) is 5.56 Å². The molecule has 2 aromatic rings. The predicted octanol–water partition coefficient (Wildman–Crippen LogP) is 4.52. The zero-order valence-electron chi connectivity index (χ0n) is 8.45. The van der Waals surface area contributed by atoms with E-state index in [1.165, 1.54) is 0 Å². The highest BCUT2D eigenvalue weighted by atomic mass is 35.5. The van der Waals surface area contributed by atoms with Crippen molar-refractivity contribution in [2.75, 3.05) is 0 Å². The van der Waals surface area contributed by atoms with Crippen LogP contribution in [0.1, 0.15) is 10.5 Å². The molecule has 1 aromatic carbocycles. The first-order valence-electron chi connectivity index (χ1n) is 4.69. The van der Waals surface area contributed by atoms with Gasteiger partial charge in [-0.1, -0.05) is 40.9 Å². The molecule has 1 heterocycles. The van der Waals surface area contributed by atoms with E-state index in [0.717, 1.165) is 0 Å². The maximum atomic E-state index is 10.8. The first-order chi connectivity index (χ1) is 8.13. The molecule has 0 N–H and O–H groups in total. The molecule has 0 amide bonds. The minimum absolute atomic E-state index is 0.167. The lowest BCUT2D eigenvalue weighted by Gasteiger charge is -2.07. The van der Waals surface area contributed by atoms with Crippen LogP contribution in [0.25, 0.3) is 11.3 Å². The third-order valence-electron chi connectivity index (χ3n) is 2.20. The summed E-state index contributed by atoms with van der Waals surface area (Å²) in [6.07, 6.45) is 0.594. The minimum atomic E-state index is 0.167. The van der Waals surface area contributed by atoms with Crippen molar-refractivity contribution in [2.24, 2.45) is 0 Å². The molecule has 0 saturated carbocycles. The van der Waals surface area contributed by atoms with Gasteiger partial charge in [0.15, 0.2) is 6.29 Å². The molecule has 0 aliphatic carbocycles. The highest BCUT2D eigenvalue weighted by Gasteiger charge is 2.11. The van der Waals surface area contributed by atoms with E-state index in [1.54, 1.807) is 30.3 Å². The Morgan fingerprint density at radius 2 is 1.59 bits per heavy atom. The number of halogens is 3. The summed E-state index contributed by atoms with van der Waals surface area (Å²) in [4.78, 5) is 14.9. The average molecular weight is 287 g/mol. The molecular weight excluding hydrogens is 280 g/mol. The van der Waals surface area contributed by atoms with Crippen LogP contribution in [0, 0.1) is 0 Å². The van der Waals surface area contributed by atoms with Crippen LogP contribution >= 0.6 is 34.8 Å². The number of rotatable bonds is 2. The summed E-state index contributed by atoms with van der Waals surface area (Å²) in [6, 6.07) is 8.42. The van der Waals surface area contributed by atoms with E-state index in [-0.39, 0.29) is 5.69 Å². The molecule has 0 fully saturated rings. The topological polar surface area (TPSA) is 30.0 Å². The third-order valence-corrected chi connectivity index (χ3v) is 3.15. The molecule has 1 aromatic heterocycles. The minimum Gasteiger partial charge on any atom is -0.296 e. The van der Waals surface area contributed by atoms with Crippen LogP contribution in [-0.2, 0) is 0 Å². The monoisotopic (exact) mass is 285 g/mol. The smallest absolute Gasteiger partial charge is 0.169 e. The predicted molar refractivity (Wildman–Crippen MR) is 70.1 cm³/mol. The Morgan fingerprint density at radius 3 is 2.18 bits per heavy atom. The number of nitrogens with zero attached hydrogens (tertiary/aromatic N) is 1. The molecule has 2 rings (SSSR count). The Balaban J connectivity index is 2.65. The molecule has 17 heavy (non-hydrogen) atoms. The summed E-state index contributed by atoms with van der Waals surface area (Å²) in [7, 11) is 0. The van der Waals surface area contributed by atoms with Gasteiger partial charge in [-0.15, -0.1) is 0 Å². The summed E-state index contributed by atoms with van der Waals surface area (Å²) in [5.74, 6) is 0. The molecule has 0 aliphatic heterocycles. The van der Waals surface area contributed by atoms with Gasteiger partial charge in [0.1, 0.15) is 5.69 Å². The first-order valence-corrected chi connectivity index (χ1v) is 5.83. The molecule has 5 heteroatoms. The van der Waals surface area contributed by atoms with Crippen molar-refractivity contribution in [3.05, 3.63) is 51.1 Å². The SMILES string of the molecule is O=Cc1nc(-c2c(Cl)cccc2Cl)ccc1Cl. The second-order valence-electron chi connectivity index (χ2n) is 3.28. The van der Waals surface area contributed by atoms with E-state index >= 15 is 0 Å². The Hall–Kier alpha value is -1.09. The summed E-state index contributed by atoms with van der Waals surface area (Å²) >= 11 is 17.9. The average Bonchev–Trinajstić information content (AvgIpc) is 2.31. The second-order valence-corrected chi connectivity index (χ2v) is 4.50. The van der Waals surface area contributed by atoms with E-state index in [2.05, 4.69) is 4.98 Å². The van der Waals surface area contributed by atoms with Crippen LogP contribution in [0.4, 0.5) is 0 Å². The quantitative estimate of drug-likeness (QED) is 0.760. The number of pyridine rings is 1. The summed E-state index contributed by atoms with van der Waals surface area (Å²) in [5, 5.41) is 1.25. The Kier molecular flexibility index (Phi) is 3.67. The molecule has 86 valence electrons. The van der Waals surface area contributed by atoms with E-state index in [1.807, 2.05) is 0 Å². The first kappa shape index (κ1) is 12.4. The summed E-state index contributed by atoms with van der Waals surface area (Å²) in [6.45, 7) is 0. The Bertz CT molecular complexity index is 564. The molecule has 0 aliphatic rings. The van der Waals surface area contributed by atoms with E-state index in [4.69, 9.17) is 34.8 Å². The van der Waals surface area contributed by atoms with Crippen molar-refractivity contribution in [3.63, 3.8) is 0 Å². The van der Waals surface area contributed by atoms with Gasteiger partial charge in [0.05, 0.1) is 20.8 Å². The molecule has 0 unspecified atom stereocenters. The second kappa shape index (κ2) is 5.05. The van der Waals surface area contributed by atoms with E-state index in [0.29, 0.717) is 32.6 Å². The number of aromatic nitrogens is 1. The molecule has 0 atom stereocenters. The van der Waals surface area contributed by atoms with Crippen molar-refractivity contribution in [2.45, 2.75) is 0 Å². The lowest BCUT2D eigenvalue weighted by molar-refractivity contribution is 0.111. The zero-order chi connectivity index (χ0) is 12.4. The number of hydrogen-bond donors (Lipinski definition) is 0. The van der Waals surface area contributed by atoms with Crippen LogP contribution in [0.15, 0.2) is 30.3 Å². The third kappa shape index (κ3) is 2.44. The van der Waals surface area contributed by atoms with Gasteiger partial charge in [-0.25, -0.2) is 4.98 Å². The number of benzene rings is 1. The standard InChI is InChI=1S/C12H6Cl3NO/c13-7-4-5-10(16-11(7)6-17)12-8(14)2-1-3-9(12)15/h1-6H. The van der Waals surface area contributed by atoms with Gasteiger partial charge in [-0.05, 0) is 24.3 Å². The normalized spacial score (nSPS) is 10.3. The van der Waals surface area contributed by atoms with Gasteiger partial charge in [0.25, 0.3) is 0 Å². The van der Waals surface area contributed by atoms with Crippen molar-refractivity contribution < 1.29 is 4.79 Å². The Morgan fingerprint density at radius 1 is 0.941 bits per heavy atom. The van der Waals surface area contributed by atoms with Crippen LogP contribution < -0.4 is 0 Å². The van der Waals surface area contributed by atoms with Crippen LogP contribution in [0.5, 0.6) is 0 Å². The zero-order valence-corrected chi connectivity index (χ0v) is 10.7. The van der Waals surface area contributed by atoms with Crippen molar-refractivity contribution in [1.82, 2.24) is 4.98 Å². The van der Waals surface area contributed by atoms with Crippen molar-refractivity contribution in [3.8, 4) is 11.3 Å². The van der Waals surface area contributed by atoms with E-state index < -0.39 is 0 Å². The number of carbonyl (C=O) groups is 1.